The lowest BCUT2D eigenvalue weighted by Gasteiger charge is -2.46. The number of alkyl halides is 30. The second-order valence-corrected chi connectivity index (χ2v) is 8.70. The minimum atomic E-state index is -10.1. The molecule has 0 aromatic rings. The van der Waals surface area contributed by atoms with Crippen LogP contribution < -0.4 is 0 Å². The van der Waals surface area contributed by atoms with Crippen molar-refractivity contribution in [3.05, 3.63) is 0 Å². The number of rotatable bonds is 15. The molecule has 0 aliphatic rings. The maximum absolute atomic E-state index is 13.7. The van der Waals surface area contributed by atoms with Gasteiger partial charge in [-0.3, -0.25) is 0 Å². The Morgan fingerprint density at radius 2 is 0.458 bits per heavy atom. The van der Waals surface area contributed by atoms with Crippen LogP contribution in [-0.2, 0) is 4.79 Å². The van der Waals surface area contributed by atoms with Gasteiger partial charge in [-0.2, -0.15) is 123 Å². The van der Waals surface area contributed by atoms with E-state index in [2.05, 4.69) is 0 Å². The summed E-state index contributed by atoms with van der Waals surface area (Å²) in [4.78, 5) is 9.93. The quantitative estimate of drug-likeness (QED) is 0.168. The Kier molecular flexibility index (Phi) is 10.3. The zero-order valence-electron chi connectivity index (χ0n) is 20.3. The fraction of sp³-hybridized carbons (Fsp3) is 0.938. The predicted molar refractivity (Wildman–Crippen MR) is 82.9 cm³/mol. The number of hydrogen-bond donors (Lipinski definition) is 1. The summed E-state index contributed by atoms with van der Waals surface area (Å²) in [5, 5.41) is 7.66. The van der Waals surface area contributed by atoms with E-state index in [-0.39, 0.29) is 0 Å². The van der Waals surface area contributed by atoms with E-state index < -0.39 is 95.3 Å². The maximum Gasteiger partial charge on any atom is 0.410 e. The van der Waals surface area contributed by atoms with E-state index in [1.165, 1.54) is 0 Å². The molecule has 0 spiro atoms. The van der Waals surface area contributed by atoms with E-state index in [1.54, 1.807) is 0 Å². The molecule has 0 saturated heterocycles. The van der Waals surface area contributed by atoms with Crippen LogP contribution in [0.3, 0.4) is 0 Å². The molecule has 288 valence electrons. The van der Waals surface area contributed by atoms with Gasteiger partial charge in [0.25, 0.3) is 0 Å². The number of carbonyl (C=O) groups is 1. The minimum absolute atomic E-state index is 4.79. The zero-order valence-corrected chi connectivity index (χ0v) is 20.3. The summed E-state index contributed by atoms with van der Waals surface area (Å²) in [7, 11) is 0. The lowest BCUT2D eigenvalue weighted by atomic mass is 9.83. The van der Waals surface area contributed by atoms with E-state index in [0.29, 0.717) is 0 Å². The fourth-order valence-electron chi connectivity index (χ4n) is 2.65. The van der Waals surface area contributed by atoms with Gasteiger partial charge in [-0.1, -0.05) is 0 Å². The lowest BCUT2D eigenvalue weighted by Crippen LogP contribution is -2.79. The smallest absolute Gasteiger partial charge is 0.410 e. The van der Waals surface area contributed by atoms with E-state index in [9.17, 15) is 137 Å². The Morgan fingerprint density at radius 1 is 0.312 bits per heavy atom. The SMILES string of the molecule is O=C(O)C(F)(F)C(F)(F)C(F)(F)C(F)(F)C(F)(F)C(F)(F)C(F)(F)C(F)(F)C(F)(F)C(F)(F)C(F)(F)C(F)(F)C(F)(F)C(F)(F)C(F)F. The van der Waals surface area contributed by atoms with Gasteiger partial charge in [0.2, 0.25) is 0 Å². The molecule has 32 heteroatoms. The molecule has 0 bridgehead atoms. The van der Waals surface area contributed by atoms with Crippen LogP contribution in [0.2, 0.25) is 0 Å². The summed E-state index contributed by atoms with van der Waals surface area (Å²) in [6.45, 7) is 0. The van der Waals surface area contributed by atoms with Crippen molar-refractivity contribution in [1.82, 2.24) is 0 Å². The maximum atomic E-state index is 13.7. The van der Waals surface area contributed by atoms with Crippen molar-refractivity contribution in [3.63, 3.8) is 0 Å². The molecule has 0 aromatic carbocycles. The van der Waals surface area contributed by atoms with Gasteiger partial charge in [0, 0.05) is 0 Å². The summed E-state index contributed by atoms with van der Waals surface area (Å²) < 4.78 is 399. The molecular weight excluding hydrogens is 794 g/mol. The molecule has 48 heavy (non-hydrogen) atoms. The molecule has 0 radical (unpaired) electrons. The molecule has 0 unspecified atom stereocenters. The first kappa shape index (κ1) is 45.4. The van der Waals surface area contributed by atoms with Crippen molar-refractivity contribution >= 4 is 5.97 Å². The molecule has 0 atom stereocenters. The molecule has 2 nitrogen and oxygen atoms in total. The van der Waals surface area contributed by atoms with Crippen LogP contribution in [-0.4, -0.2) is 100 Å². The Morgan fingerprint density at radius 3 is 0.604 bits per heavy atom. The summed E-state index contributed by atoms with van der Waals surface area (Å²) in [6.07, 6.45) is -6.45. The van der Waals surface area contributed by atoms with Crippen LogP contribution in [0.1, 0.15) is 0 Å². The molecule has 0 saturated carbocycles. The van der Waals surface area contributed by atoms with Crippen molar-refractivity contribution in [3.8, 4) is 0 Å². The first-order valence-electron chi connectivity index (χ1n) is 9.94. The van der Waals surface area contributed by atoms with Gasteiger partial charge in [-0.05, 0) is 0 Å². The van der Waals surface area contributed by atoms with E-state index in [0.717, 1.165) is 0 Å². The second-order valence-electron chi connectivity index (χ2n) is 8.70. The highest BCUT2D eigenvalue weighted by Crippen LogP contribution is 2.69. The summed E-state index contributed by atoms with van der Waals surface area (Å²) in [6, 6.07) is 0. The zero-order chi connectivity index (χ0) is 40.2. The largest absolute Gasteiger partial charge is 0.477 e. The molecule has 0 aliphatic carbocycles. The average molecular weight is 796 g/mol. The predicted octanol–water partition coefficient (Wildman–Crippen LogP) is 9.23. The molecule has 0 rings (SSSR count). The first-order chi connectivity index (χ1) is 20.1. The van der Waals surface area contributed by atoms with Gasteiger partial charge in [-0.25, -0.2) is 13.6 Å². The average Bonchev–Trinajstić information content (AvgIpc) is 2.86. The number of aliphatic carboxylic acids is 1. The number of carboxylic acids is 1. The van der Waals surface area contributed by atoms with E-state index in [1.807, 2.05) is 0 Å². The molecule has 0 aliphatic heterocycles. The third-order valence-corrected chi connectivity index (χ3v) is 5.69. The highest BCUT2D eigenvalue weighted by atomic mass is 19.4. The molecule has 0 heterocycles. The lowest BCUT2D eigenvalue weighted by molar-refractivity contribution is -0.485. The van der Waals surface area contributed by atoms with Crippen molar-refractivity contribution in [1.29, 1.82) is 0 Å². The van der Waals surface area contributed by atoms with Crippen LogP contribution in [0.25, 0.3) is 0 Å². The second kappa shape index (κ2) is 10.9. The Hall–Kier alpha value is -2.63. The van der Waals surface area contributed by atoms with Gasteiger partial charge in [0.15, 0.2) is 0 Å². The van der Waals surface area contributed by atoms with Crippen LogP contribution in [0, 0.1) is 0 Å². The van der Waals surface area contributed by atoms with Crippen molar-refractivity contribution in [2.24, 2.45) is 0 Å². The highest BCUT2D eigenvalue weighted by Gasteiger charge is 3.01. The Bertz CT molecular complexity index is 1210. The minimum Gasteiger partial charge on any atom is -0.477 e. The van der Waals surface area contributed by atoms with Crippen LogP contribution in [0.15, 0.2) is 0 Å². The van der Waals surface area contributed by atoms with Crippen LogP contribution >= 0.6 is 0 Å². The van der Waals surface area contributed by atoms with E-state index in [4.69, 9.17) is 5.11 Å². The Labute approximate surface area is 238 Å². The van der Waals surface area contributed by atoms with E-state index >= 15 is 0 Å². The number of carboxylic acid groups (broad SMARTS) is 1. The molecule has 1 N–H and O–H groups in total. The third kappa shape index (κ3) is 4.88. The highest BCUT2D eigenvalue weighted by molar-refractivity contribution is 5.77. The summed E-state index contributed by atoms with van der Waals surface area (Å²) in [5.74, 6) is -137. The summed E-state index contributed by atoms with van der Waals surface area (Å²) in [5.41, 5.74) is 0. The monoisotopic (exact) mass is 796 g/mol. The topological polar surface area (TPSA) is 37.3 Å². The van der Waals surface area contributed by atoms with Crippen LogP contribution in [0.5, 0.6) is 0 Å². The van der Waals surface area contributed by atoms with Gasteiger partial charge in [-0.15, -0.1) is 0 Å². The standard InChI is InChI=1S/C16H2F30O2/c17-1(18)3(19,20)5(23,24)7(27,28)9(31,32)11(35,36)13(39,40)15(43,44)16(45,46)14(41,42)12(37,38)10(33,34)8(29,30)6(25,26)4(21,22)2(47)48/h1H,(H,47,48). The molecule has 0 fully saturated rings. The molecule has 0 amide bonds. The van der Waals surface area contributed by atoms with Crippen LogP contribution in [0.4, 0.5) is 132 Å². The number of halogens is 30. The van der Waals surface area contributed by atoms with Gasteiger partial charge >= 0.3 is 95.3 Å². The Balaban J connectivity index is 7.63. The molecular formula is C16H2F30O2. The summed E-state index contributed by atoms with van der Waals surface area (Å²) >= 11 is 0. The number of hydrogen-bond acceptors (Lipinski definition) is 1. The molecule has 0 aromatic heterocycles. The van der Waals surface area contributed by atoms with Gasteiger partial charge in [0.05, 0.1) is 0 Å². The van der Waals surface area contributed by atoms with Gasteiger partial charge in [0.1, 0.15) is 0 Å². The normalized spacial score (nSPS) is 16.9. The van der Waals surface area contributed by atoms with Crippen molar-refractivity contribution in [2.75, 3.05) is 0 Å². The third-order valence-electron chi connectivity index (χ3n) is 5.69. The first-order valence-corrected chi connectivity index (χ1v) is 9.94. The van der Waals surface area contributed by atoms with Crippen molar-refractivity contribution in [2.45, 2.75) is 89.3 Å². The fourth-order valence-corrected chi connectivity index (χ4v) is 2.65. The van der Waals surface area contributed by atoms with Crippen molar-refractivity contribution < 1.29 is 142 Å². The van der Waals surface area contributed by atoms with Gasteiger partial charge < -0.3 is 5.11 Å².